The number of nitrogens with one attached hydrogen (secondary N) is 1. The summed E-state index contributed by atoms with van der Waals surface area (Å²) < 4.78 is 55.4. The molecule has 2 amide bonds. The molecule has 2 unspecified atom stereocenters. The quantitative estimate of drug-likeness (QED) is 0.521. The van der Waals surface area contributed by atoms with Crippen LogP contribution in [0.1, 0.15) is 73.3 Å². The molecule has 6 rings (SSSR count). The van der Waals surface area contributed by atoms with E-state index in [4.69, 9.17) is 4.98 Å². The van der Waals surface area contributed by atoms with E-state index in [0.29, 0.717) is 55.4 Å². The number of carbonyl (C=O) groups excluding carboxylic acids is 2. The molecule has 12 heteroatoms. The molecule has 1 aromatic heterocycles. The molecular formula is C30H36F4N6O2. The lowest BCUT2D eigenvalue weighted by Gasteiger charge is -2.48. The predicted molar refractivity (Wildman–Crippen MR) is 147 cm³/mol. The molecule has 3 fully saturated rings. The molecule has 1 spiro atoms. The summed E-state index contributed by atoms with van der Waals surface area (Å²) in [5, 5.41) is 3.18. The van der Waals surface area contributed by atoms with Crippen LogP contribution in [0.5, 0.6) is 0 Å². The Balaban J connectivity index is 1.38. The predicted octanol–water partition coefficient (Wildman–Crippen LogP) is 4.43. The van der Waals surface area contributed by atoms with Crippen molar-refractivity contribution < 1.29 is 27.2 Å². The number of aromatic nitrogens is 2. The molecule has 1 aromatic carbocycles. The Kier molecular flexibility index (Phi) is 7.18. The number of alkyl halides is 3. The smallest absolute Gasteiger partial charge is 0.363 e. The number of fused-ring (bicyclic) bond motifs is 2. The lowest BCUT2D eigenvalue weighted by Crippen LogP contribution is -2.61. The SMILES string of the molecule is Cc1nc(N[C@H](C)c2cccc(C(F)(F)F)c2F)c2c(n1)C1(CCCN(C)C1)C(=O)N(C1CCN(C(=O)C3CC3)C1)C2. The maximum Gasteiger partial charge on any atom is 0.419 e. The first kappa shape index (κ1) is 28.8. The van der Waals surface area contributed by atoms with E-state index < -0.39 is 29.0 Å². The van der Waals surface area contributed by atoms with Gasteiger partial charge in [-0.15, -0.1) is 0 Å². The van der Waals surface area contributed by atoms with Crippen LogP contribution < -0.4 is 5.32 Å². The number of nitrogens with zero attached hydrogens (tertiary/aromatic N) is 5. The highest BCUT2D eigenvalue weighted by molar-refractivity contribution is 5.91. The number of piperidine rings is 1. The monoisotopic (exact) mass is 588 g/mol. The lowest BCUT2D eigenvalue weighted by molar-refractivity contribution is -0.145. The fraction of sp³-hybridized carbons (Fsp3) is 0.600. The second-order valence-electron chi connectivity index (χ2n) is 12.4. The average molecular weight is 589 g/mol. The summed E-state index contributed by atoms with van der Waals surface area (Å²) in [7, 11) is 1.98. The van der Waals surface area contributed by atoms with Crippen LogP contribution in [-0.2, 0) is 27.7 Å². The molecule has 226 valence electrons. The maximum atomic E-state index is 15.1. The van der Waals surface area contributed by atoms with Crippen LogP contribution in [0.2, 0.25) is 0 Å². The molecule has 42 heavy (non-hydrogen) atoms. The van der Waals surface area contributed by atoms with Gasteiger partial charge in [0, 0.05) is 36.7 Å². The van der Waals surface area contributed by atoms with Crippen molar-refractivity contribution in [2.75, 3.05) is 38.5 Å². The van der Waals surface area contributed by atoms with E-state index in [9.17, 15) is 22.8 Å². The maximum absolute atomic E-state index is 15.1. The Labute approximate surface area is 242 Å². The average Bonchev–Trinajstić information content (AvgIpc) is 3.67. The first-order valence-corrected chi connectivity index (χ1v) is 14.7. The fourth-order valence-corrected chi connectivity index (χ4v) is 6.98. The second kappa shape index (κ2) is 10.5. The molecule has 2 saturated heterocycles. The van der Waals surface area contributed by atoms with E-state index in [-0.39, 0.29) is 35.9 Å². The van der Waals surface area contributed by atoms with E-state index in [1.807, 2.05) is 16.8 Å². The minimum Gasteiger partial charge on any atom is -0.363 e. The standard InChI is InChI=1S/C30H36F4N6O2/c1-17(21-6-4-7-23(24(21)31)30(32,33)34)35-26-22-15-40(20-10-13-39(14-20)27(41)19-8-9-19)28(42)29(11-5-12-38(3)16-29)25(22)36-18(2)37-26/h4,6-7,17,19-20H,5,8-16H2,1-3H3,(H,35,36,37)/t17-,20?,29?/m1/s1. The minimum atomic E-state index is -4.82. The van der Waals surface area contributed by atoms with Gasteiger partial charge in [0.2, 0.25) is 11.8 Å². The molecule has 0 radical (unpaired) electrons. The Hall–Kier alpha value is -3.28. The summed E-state index contributed by atoms with van der Waals surface area (Å²) in [6, 6.07) is 2.25. The number of halogens is 4. The van der Waals surface area contributed by atoms with Crippen LogP contribution in [-0.4, -0.2) is 75.8 Å². The third-order valence-corrected chi connectivity index (χ3v) is 9.25. The van der Waals surface area contributed by atoms with Crippen LogP contribution in [0.15, 0.2) is 18.2 Å². The van der Waals surface area contributed by atoms with Crippen molar-refractivity contribution in [3.63, 3.8) is 0 Å². The molecule has 4 aliphatic rings. The number of likely N-dealkylation sites (N-methyl/N-ethyl adjacent to an activating group) is 1. The van der Waals surface area contributed by atoms with Gasteiger partial charge in [-0.25, -0.2) is 14.4 Å². The first-order valence-electron chi connectivity index (χ1n) is 14.7. The number of rotatable bonds is 5. The van der Waals surface area contributed by atoms with Crippen molar-refractivity contribution in [3.05, 3.63) is 52.2 Å². The number of hydrogen-bond acceptors (Lipinski definition) is 6. The number of likely N-dealkylation sites (tertiary alicyclic amines) is 2. The summed E-state index contributed by atoms with van der Waals surface area (Å²) in [6.07, 6.45) is -0.911. The van der Waals surface area contributed by atoms with E-state index in [1.54, 1.807) is 13.8 Å². The molecule has 3 aliphatic heterocycles. The fourth-order valence-electron chi connectivity index (χ4n) is 6.98. The number of amides is 2. The zero-order valence-corrected chi connectivity index (χ0v) is 24.1. The number of benzene rings is 1. The van der Waals surface area contributed by atoms with Gasteiger partial charge in [0.1, 0.15) is 22.9 Å². The topological polar surface area (TPSA) is 81.7 Å². The van der Waals surface area contributed by atoms with Crippen molar-refractivity contribution in [1.82, 2.24) is 24.7 Å². The van der Waals surface area contributed by atoms with E-state index in [2.05, 4.69) is 15.2 Å². The van der Waals surface area contributed by atoms with Gasteiger partial charge in [-0.1, -0.05) is 12.1 Å². The highest BCUT2D eigenvalue weighted by Gasteiger charge is 2.53. The Morgan fingerprint density at radius 1 is 1.17 bits per heavy atom. The normalized spacial score (nSPS) is 25.6. The zero-order valence-electron chi connectivity index (χ0n) is 24.1. The van der Waals surface area contributed by atoms with Crippen LogP contribution in [0.25, 0.3) is 0 Å². The highest BCUT2D eigenvalue weighted by atomic mass is 19.4. The van der Waals surface area contributed by atoms with Crippen molar-refractivity contribution in [1.29, 1.82) is 0 Å². The number of hydrogen-bond donors (Lipinski definition) is 1. The zero-order chi connectivity index (χ0) is 30.0. The summed E-state index contributed by atoms with van der Waals surface area (Å²) in [4.78, 5) is 42.5. The van der Waals surface area contributed by atoms with Crippen LogP contribution in [0.3, 0.4) is 0 Å². The first-order chi connectivity index (χ1) is 19.9. The minimum absolute atomic E-state index is 0.00621. The van der Waals surface area contributed by atoms with Crippen molar-refractivity contribution >= 4 is 17.6 Å². The molecule has 4 heterocycles. The van der Waals surface area contributed by atoms with Gasteiger partial charge in [-0.2, -0.15) is 13.2 Å². The van der Waals surface area contributed by atoms with Gasteiger partial charge in [0.05, 0.1) is 29.9 Å². The molecule has 0 bridgehead atoms. The molecular weight excluding hydrogens is 552 g/mol. The molecule has 1 saturated carbocycles. The Morgan fingerprint density at radius 3 is 2.62 bits per heavy atom. The van der Waals surface area contributed by atoms with Crippen LogP contribution >= 0.6 is 0 Å². The van der Waals surface area contributed by atoms with Gasteiger partial charge in [-0.3, -0.25) is 9.59 Å². The molecule has 1 N–H and O–H groups in total. The van der Waals surface area contributed by atoms with Crippen molar-refractivity contribution in [2.24, 2.45) is 5.92 Å². The summed E-state index contributed by atoms with van der Waals surface area (Å²) in [5.74, 6) is -0.260. The molecule has 3 atom stereocenters. The number of anilines is 1. The van der Waals surface area contributed by atoms with Crippen LogP contribution in [0, 0.1) is 18.7 Å². The van der Waals surface area contributed by atoms with Crippen molar-refractivity contribution in [2.45, 2.75) is 76.2 Å². The summed E-state index contributed by atoms with van der Waals surface area (Å²) in [5.41, 5.74) is -1.03. The van der Waals surface area contributed by atoms with E-state index in [0.717, 1.165) is 31.9 Å². The van der Waals surface area contributed by atoms with Crippen LogP contribution in [0.4, 0.5) is 23.4 Å². The molecule has 1 aliphatic carbocycles. The largest absolute Gasteiger partial charge is 0.419 e. The third kappa shape index (κ3) is 5.01. The van der Waals surface area contributed by atoms with Crippen molar-refractivity contribution in [3.8, 4) is 0 Å². The van der Waals surface area contributed by atoms with E-state index >= 15 is 4.39 Å². The summed E-state index contributed by atoms with van der Waals surface area (Å²) in [6.45, 7) is 5.91. The van der Waals surface area contributed by atoms with Gasteiger partial charge in [-0.05, 0) is 65.6 Å². The van der Waals surface area contributed by atoms with Gasteiger partial charge in [0.25, 0.3) is 0 Å². The highest BCUT2D eigenvalue weighted by Crippen LogP contribution is 2.44. The van der Waals surface area contributed by atoms with Gasteiger partial charge in [0.15, 0.2) is 0 Å². The molecule has 2 aromatic rings. The lowest BCUT2D eigenvalue weighted by atomic mass is 9.71. The van der Waals surface area contributed by atoms with Gasteiger partial charge < -0.3 is 20.0 Å². The van der Waals surface area contributed by atoms with E-state index in [1.165, 1.54) is 12.1 Å². The number of aryl methyl sites for hydroxylation is 1. The Morgan fingerprint density at radius 2 is 1.93 bits per heavy atom. The third-order valence-electron chi connectivity index (χ3n) is 9.25. The summed E-state index contributed by atoms with van der Waals surface area (Å²) >= 11 is 0. The molecule has 8 nitrogen and oxygen atoms in total. The van der Waals surface area contributed by atoms with Gasteiger partial charge >= 0.3 is 6.18 Å². The second-order valence-corrected chi connectivity index (χ2v) is 12.4. The Bertz CT molecular complexity index is 1410. The number of carbonyl (C=O) groups is 2.